The topological polar surface area (TPSA) is 12.0 Å². The lowest BCUT2D eigenvalue weighted by molar-refractivity contribution is 0.445. The standard InChI is InChI=1S/C13H8Cl2F3N/c14-8-1-2-12(9(15)5-8)19-6-7-3-10(16)13(18)11(17)4-7/h1-5,19H,6H2. The predicted octanol–water partition coefficient (Wildman–Crippen LogP) is 5.02. The van der Waals surface area contributed by atoms with Gasteiger partial charge in [0.05, 0.1) is 10.7 Å². The Morgan fingerprint density at radius 1 is 0.947 bits per heavy atom. The van der Waals surface area contributed by atoms with E-state index in [1.807, 2.05) is 0 Å². The van der Waals surface area contributed by atoms with Crippen LogP contribution in [0, 0.1) is 17.5 Å². The van der Waals surface area contributed by atoms with E-state index in [0.29, 0.717) is 15.7 Å². The Labute approximate surface area is 118 Å². The van der Waals surface area contributed by atoms with Gasteiger partial charge in [-0.1, -0.05) is 23.2 Å². The van der Waals surface area contributed by atoms with Gasteiger partial charge in [-0.05, 0) is 35.9 Å². The van der Waals surface area contributed by atoms with Gasteiger partial charge in [0.2, 0.25) is 0 Å². The molecule has 0 aliphatic heterocycles. The zero-order valence-electron chi connectivity index (χ0n) is 9.48. The van der Waals surface area contributed by atoms with Crippen LogP contribution >= 0.6 is 23.2 Å². The number of benzene rings is 2. The van der Waals surface area contributed by atoms with Crippen molar-refractivity contribution in [3.05, 3.63) is 63.4 Å². The number of halogens is 5. The summed E-state index contributed by atoms with van der Waals surface area (Å²) in [6.07, 6.45) is 0. The van der Waals surface area contributed by atoms with E-state index >= 15 is 0 Å². The molecule has 0 fully saturated rings. The lowest BCUT2D eigenvalue weighted by Gasteiger charge is -2.09. The van der Waals surface area contributed by atoms with Crippen molar-refractivity contribution in [3.63, 3.8) is 0 Å². The summed E-state index contributed by atoms with van der Waals surface area (Å²) in [5, 5.41) is 3.75. The molecule has 0 aliphatic carbocycles. The van der Waals surface area contributed by atoms with Crippen molar-refractivity contribution in [2.75, 3.05) is 5.32 Å². The Hall–Kier alpha value is -1.39. The van der Waals surface area contributed by atoms with Crippen molar-refractivity contribution < 1.29 is 13.2 Å². The molecule has 1 nitrogen and oxygen atoms in total. The summed E-state index contributed by atoms with van der Waals surface area (Å²) in [6.45, 7) is 0.107. The molecule has 0 amide bonds. The number of nitrogens with one attached hydrogen (secondary N) is 1. The number of hydrogen-bond acceptors (Lipinski definition) is 1. The van der Waals surface area contributed by atoms with E-state index in [4.69, 9.17) is 23.2 Å². The Balaban J connectivity index is 2.14. The van der Waals surface area contributed by atoms with Crippen molar-refractivity contribution in [3.8, 4) is 0 Å². The SMILES string of the molecule is Fc1cc(CNc2ccc(Cl)cc2Cl)cc(F)c1F. The third-order valence-electron chi connectivity index (χ3n) is 2.46. The second-order valence-electron chi connectivity index (χ2n) is 3.85. The maximum Gasteiger partial charge on any atom is 0.194 e. The Bertz CT molecular complexity index is 594. The molecule has 0 unspecified atom stereocenters. The fourth-order valence-corrected chi connectivity index (χ4v) is 2.02. The zero-order valence-corrected chi connectivity index (χ0v) is 11.0. The van der Waals surface area contributed by atoms with Gasteiger partial charge in [0.15, 0.2) is 17.5 Å². The summed E-state index contributed by atoms with van der Waals surface area (Å²) in [4.78, 5) is 0. The predicted molar refractivity (Wildman–Crippen MR) is 70.1 cm³/mol. The first-order chi connectivity index (χ1) is 8.97. The maximum atomic E-state index is 13.0. The minimum atomic E-state index is -1.48. The highest BCUT2D eigenvalue weighted by molar-refractivity contribution is 6.36. The van der Waals surface area contributed by atoms with Crippen molar-refractivity contribution in [2.45, 2.75) is 6.54 Å². The molecule has 0 radical (unpaired) electrons. The second-order valence-corrected chi connectivity index (χ2v) is 4.69. The van der Waals surface area contributed by atoms with Gasteiger partial charge in [0.1, 0.15) is 0 Å². The van der Waals surface area contributed by atoms with Gasteiger partial charge in [-0.3, -0.25) is 0 Å². The molecule has 0 saturated heterocycles. The lowest BCUT2D eigenvalue weighted by Crippen LogP contribution is -2.02. The second kappa shape index (κ2) is 5.72. The summed E-state index contributed by atoms with van der Waals surface area (Å²) in [6, 6.07) is 6.66. The van der Waals surface area contributed by atoms with E-state index in [-0.39, 0.29) is 12.1 Å². The monoisotopic (exact) mass is 305 g/mol. The summed E-state index contributed by atoms with van der Waals surface area (Å²) < 4.78 is 38.8. The average Bonchev–Trinajstić information content (AvgIpc) is 2.34. The van der Waals surface area contributed by atoms with Crippen LogP contribution in [0.1, 0.15) is 5.56 Å². The molecule has 0 spiro atoms. The molecule has 100 valence electrons. The molecule has 2 aromatic rings. The number of anilines is 1. The molecule has 0 bridgehead atoms. The molecule has 0 heterocycles. The third kappa shape index (κ3) is 3.33. The highest BCUT2D eigenvalue weighted by atomic mass is 35.5. The van der Waals surface area contributed by atoms with Crippen LogP contribution in [0.4, 0.5) is 18.9 Å². The van der Waals surface area contributed by atoms with Crippen LogP contribution in [0.15, 0.2) is 30.3 Å². The van der Waals surface area contributed by atoms with Crippen LogP contribution in [-0.2, 0) is 6.54 Å². The van der Waals surface area contributed by atoms with Gasteiger partial charge in [-0.2, -0.15) is 0 Å². The van der Waals surface area contributed by atoms with Crippen molar-refractivity contribution in [2.24, 2.45) is 0 Å². The first kappa shape index (κ1) is 14.0. The Morgan fingerprint density at radius 3 is 2.16 bits per heavy atom. The number of rotatable bonds is 3. The van der Waals surface area contributed by atoms with Crippen molar-refractivity contribution in [1.29, 1.82) is 0 Å². The highest BCUT2D eigenvalue weighted by Gasteiger charge is 2.10. The van der Waals surface area contributed by atoms with Crippen molar-refractivity contribution >= 4 is 28.9 Å². The third-order valence-corrected chi connectivity index (χ3v) is 3.01. The van der Waals surface area contributed by atoms with Crippen LogP contribution in [0.3, 0.4) is 0 Å². The van der Waals surface area contributed by atoms with Gasteiger partial charge in [-0.25, -0.2) is 13.2 Å². The fourth-order valence-electron chi connectivity index (χ4n) is 1.54. The van der Waals surface area contributed by atoms with Crippen molar-refractivity contribution in [1.82, 2.24) is 0 Å². The molecule has 1 N–H and O–H groups in total. The maximum absolute atomic E-state index is 13.0. The summed E-state index contributed by atoms with van der Waals surface area (Å²) in [5.41, 5.74) is 0.832. The van der Waals surface area contributed by atoms with Gasteiger partial charge in [0, 0.05) is 11.6 Å². The van der Waals surface area contributed by atoms with Crippen LogP contribution in [-0.4, -0.2) is 0 Å². The molecule has 0 aromatic heterocycles. The smallest absolute Gasteiger partial charge is 0.194 e. The Morgan fingerprint density at radius 2 is 1.58 bits per heavy atom. The van der Waals surface area contributed by atoms with E-state index in [0.717, 1.165) is 12.1 Å². The van der Waals surface area contributed by atoms with E-state index < -0.39 is 17.5 Å². The molecule has 2 aromatic carbocycles. The summed E-state index contributed by atoms with van der Waals surface area (Å²) >= 11 is 11.7. The quantitative estimate of drug-likeness (QED) is 0.785. The molecule has 0 atom stereocenters. The van der Waals surface area contributed by atoms with Gasteiger partial charge in [0.25, 0.3) is 0 Å². The molecule has 0 saturated carbocycles. The van der Waals surface area contributed by atoms with Crippen LogP contribution in [0.25, 0.3) is 0 Å². The van der Waals surface area contributed by atoms with Gasteiger partial charge < -0.3 is 5.32 Å². The van der Waals surface area contributed by atoms with Crippen LogP contribution in [0.2, 0.25) is 10.0 Å². The average molecular weight is 306 g/mol. The first-order valence-electron chi connectivity index (χ1n) is 5.29. The van der Waals surface area contributed by atoms with Gasteiger partial charge >= 0.3 is 0 Å². The van der Waals surface area contributed by atoms with E-state index in [9.17, 15) is 13.2 Å². The molecule has 0 aliphatic rings. The number of hydrogen-bond donors (Lipinski definition) is 1. The summed E-state index contributed by atoms with van der Waals surface area (Å²) in [5.74, 6) is -3.92. The molecular weight excluding hydrogens is 298 g/mol. The highest BCUT2D eigenvalue weighted by Crippen LogP contribution is 2.26. The minimum Gasteiger partial charge on any atom is -0.380 e. The van der Waals surface area contributed by atoms with E-state index in [2.05, 4.69) is 5.32 Å². The van der Waals surface area contributed by atoms with Crippen LogP contribution < -0.4 is 5.32 Å². The Kier molecular flexibility index (Phi) is 4.22. The summed E-state index contributed by atoms with van der Waals surface area (Å²) in [7, 11) is 0. The van der Waals surface area contributed by atoms with E-state index in [1.165, 1.54) is 6.07 Å². The van der Waals surface area contributed by atoms with Crippen LogP contribution in [0.5, 0.6) is 0 Å². The first-order valence-corrected chi connectivity index (χ1v) is 6.05. The molecular formula is C13H8Cl2F3N. The zero-order chi connectivity index (χ0) is 14.0. The molecule has 2 rings (SSSR count). The fraction of sp³-hybridized carbons (Fsp3) is 0.0769. The molecule has 6 heteroatoms. The largest absolute Gasteiger partial charge is 0.380 e. The van der Waals surface area contributed by atoms with Gasteiger partial charge in [-0.15, -0.1) is 0 Å². The normalized spacial score (nSPS) is 10.6. The molecule has 19 heavy (non-hydrogen) atoms. The van der Waals surface area contributed by atoms with E-state index in [1.54, 1.807) is 12.1 Å². The lowest BCUT2D eigenvalue weighted by atomic mass is 10.2. The minimum absolute atomic E-state index is 0.107.